The van der Waals surface area contributed by atoms with Crippen LogP contribution >= 0.6 is 24.0 Å². The summed E-state index contributed by atoms with van der Waals surface area (Å²) in [6.45, 7) is 9.51. The predicted molar refractivity (Wildman–Crippen MR) is 132 cm³/mol. The fourth-order valence-corrected chi connectivity index (χ4v) is 3.27. The fraction of sp³-hybridized carbons (Fsp3) is 0.700. The van der Waals surface area contributed by atoms with Gasteiger partial charge in [-0.3, -0.25) is 14.5 Å². The maximum Gasteiger partial charge on any atom is 0.407 e. The molecule has 11 heteroatoms. The van der Waals surface area contributed by atoms with Crippen molar-refractivity contribution in [1.82, 2.24) is 25.3 Å². The number of rotatable bonds is 6. The van der Waals surface area contributed by atoms with E-state index in [4.69, 9.17) is 4.74 Å². The molecule has 1 unspecified atom stereocenters. The van der Waals surface area contributed by atoms with Gasteiger partial charge < -0.3 is 25.2 Å². The van der Waals surface area contributed by atoms with E-state index in [9.17, 15) is 9.59 Å². The fourth-order valence-electron chi connectivity index (χ4n) is 3.27. The molecule has 0 radical (unpaired) electrons. The highest BCUT2D eigenvalue weighted by atomic mass is 127. The minimum atomic E-state index is -0.543. The lowest BCUT2D eigenvalue weighted by molar-refractivity contribution is -0.120. The molecule has 0 saturated carbocycles. The molecule has 0 aromatic carbocycles. The summed E-state index contributed by atoms with van der Waals surface area (Å²) in [6.07, 6.45) is 4.81. The minimum absolute atomic E-state index is 0. The first-order valence-corrected chi connectivity index (χ1v) is 10.4. The van der Waals surface area contributed by atoms with Gasteiger partial charge >= 0.3 is 6.09 Å². The number of alkyl carbamates (subject to hydrolysis) is 1. The molecule has 0 bridgehead atoms. The number of guanidine groups is 1. The standard InChI is InChI=1S/C20H35N7O3.HI/c1-7-8-15(24-19(29)30-20(2,3)4)11-22-18(21-5)26-9-10-27(17(28)14-26)16-12-23-25(6)13-16;/h12-13,15H,7-11,14H2,1-6H3,(H,21,22)(H,24,29);1H. The van der Waals surface area contributed by atoms with Crippen molar-refractivity contribution in [3.8, 4) is 0 Å². The molecule has 1 aromatic heterocycles. The van der Waals surface area contributed by atoms with Crippen LogP contribution in [0.1, 0.15) is 40.5 Å². The van der Waals surface area contributed by atoms with Crippen molar-refractivity contribution in [3.63, 3.8) is 0 Å². The number of anilines is 1. The zero-order valence-electron chi connectivity index (χ0n) is 19.3. The highest BCUT2D eigenvalue weighted by molar-refractivity contribution is 14.0. The van der Waals surface area contributed by atoms with Crippen molar-refractivity contribution in [2.75, 3.05) is 38.1 Å². The van der Waals surface area contributed by atoms with Gasteiger partial charge in [0.25, 0.3) is 0 Å². The molecule has 1 atom stereocenters. The molecule has 1 saturated heterocycles. The Hall–Kier alpha value is -2.05. The number of halogens is 1. The monoisotopic (exact) mass is 549 g/mol. The third-order valence-electron chi connectivity index (χ3n) is 4.60. The van der Waals surface area contributed by atoms with Gasteiger partial charge in [-0.05, 0) is 27.2 Å². The lowest BCUT2D eigenvalue weighted by atomic mass is 10.1. The summed E-state index contributed by atoms with van der Waals surface area (Å²) >= 11 is 0. The Morgan fingerprint density at radius 1 is 1.35 bits per heavy atom. The van der Waals surface area contributed by atoms with E-state index in [1.54, 1.807) is 22.8 Å². The quantitative estimate of drug-likeness (QED) is 0.320. The van der Waals surface area contributed by atoms with Crippen LogP contribution in [-0.2, 0) is 16.6 Å². The van der Waals surface area contributed by atoms with Gasteiger partial charge in [-0.25, -0.2) is 4.79 Å². The summed E-state index contributed by atoms with van der Waals surface area (Å²) in [6, 6.07) is -0.103. The lowest BCUT2D eigenvalue weighted by Crippen LogP contribution is -2.56. The van der Waals surface area contributed by atoms with Crippen LogP contribution in [0.4, 0.5) is 10.5 Å². The maximum atomic E-state index is 12.6. The van der Waals surface area contributed by atoms with E-state index in [0.717, 1.165) is 18.5 Å². The molecule has 0 aliphatic carbocycles. The van der Waals surface area contributed by atoms with Crippen LogP contribution in [0.15, 0.2) is 17.4 Å². The van der Waals surface area contributed by atoms with Crippen molar-refractivity contribution in [1.29, 1.82) is 0 Å². The molecule has 1 aliphatic rings. The van der Waals surface area contributed by atoms with Gasteiger partial charge in [-0.2, -0.15) is 5.10 Å². The van der Waals surface area contributed by atoms with Gasteiger partial charge in [0.05, 0.1) is 11.9 Å². The number of aryl methyl sites for hydroxylation is 1. The summed E-state index contributed by atoms with van der Waals surface area (Å²) in [5.74, 6) is 0.635. The van der Waals surface area contributed by atoms with Crippen molar-refractivity contribution in [2.24, 2.45) is 12.0 Å². The molecule has 10 nitrogen and oxygen atoms in total. The van der Waals surface area contributed by atoms with E-state index in [2.05, 4.69) is 27.6 Å². The van der Waals surface area contributed by atoms with Crippen LogP contribution in [0.5, 0.6) is 0 Å². The third kappa shape index (κ3) is 8.54. The van der Waals surface area contributed by atoms with Gasteiger partial charge in [0.2, 0.25) is 5.91 Å². The van der Waals surface area contributed by atoms with Gasteiger partial charge in [-0.1, -0.05) is 13.3 Å². The van der Waals surface area contributed by atoms with Crippen LogP contribution in [0.3, 0.4) is 0 Å². The number of carbonyl (C=O) groups is 2. The van der Waals surface area contributed by atoms with Crippen LogP contribution in [0.25, 0.3) is 0 Å². The van der Waals surface area contributed by atoms with Crippen molar-refractivity contribution < 1.29 is 14.3 Å². The summed E-state index contributed by atoms with van der Waals surface area (Å²) in [5.41, 5.74) is 0.258. The molecule has 0 spiro atoms. The van der Waals surface area contributed by atoms with Gasteiger partial charge in [0.1, 0.15) is 12.1 Å². The Bertz CT molecular complexity index is 760. The smallest absolute Gasteiger partial charge is 0.407 e. The molecule has 2 heterocycles. The average molecular weight is 549 g/mol. The number of aliphatic imine (C=N–C) groups is 1. The molecular formula is C20H36IN7O3. The van der Waals surface area contributed by atoms with Crippen LogP contribution < -0.4 is 15.5 Å². The van der Waals surface area contributed by atoms with Gasteiger partial charge in [0, 0.05) is 46.0 Å². The minimum Gasteiger partial charge on any atom is -0.444 e. The summed E-state index contributed by atoms with van der Waals surface area (Å²) in [7, 11) is 3.52. The molecule has 176 valence electrons. The van der Waals surface area contributed by atoms with Crippen LogP contribution in [-0.4, -0.2) is 77.5 Å². The molecular weight excluding hydrogens is 513 g/mol. The van der Waals surface area contributed by atoms with E-state index in [1.165, 1.54) is 0 Å². The zero-order chi connectivity index (χ0) is 22.3. The van der Waals surface area contributed by atoms with Crippen molar-refractivity contribution in [3.05, 3.63) is 12.4 Å². The summed E-state index contributed by atoms with van der Waals surface area (Å²) in [5, 5.41) is 10.3. The molecule has 31 heavy (non-hydrogen) atoms. The Labute approximate surface area is 201 Å². The number of hydrogen-bond acceptors (Lipinski definition) is 5. The Morgan fingerprint density at radius 3 is 2.58 bits per heavy atom. The number of piperazine rings is 1. The van der Waals surface area contributed by atoms with Gasteiger partial charge in [0.15, 0.2) is 5.96 Å². The molecule has 2 N–H and O–H groups in total. The van der Waals surface area contributed by atoms with E-state index in [0.29, 0.717) is 25.6 Å². The van der Waals surface area contributed by atoms with E-state index < -0.39 is 11.7 Å². The highest BCUT2D eigenvalue weighted by Crippen LogP contribution is 2.16. The van der Waals surface area contributed by atoms with E-state index >= 15 is 0 Å². The number of amides is 2. The number of carbonyl (C=O) groups excluding carboxylic acids is 2. The second-order valence-corrected chi connectivity index (χ2v) is 8.40. The zero-order valence-corrected chi connectivity index (χ0v) is 21.7. The van der Waals surface area contributed by atoms with Crippen LogP contribution in [0, 0.1) is 0 Å². The number of ether oxygens (including phenoxy) is 1. The number of hydrogen-bond donors (Lipinski definition) is 2. The Kier molecular flexibility index (Phi) is 10.5. The summed E-state index contributed by atoms with van der Waals surface area (Å²) in [4.78, 5) is 32.7. The number of nitrogens with zero attached hydrogens (tertiary/aromatic N) is 5. The number of aromatic nitrogens is 2. The third-order valence-corrected chi connectivity index (χ3v) is 4.60. The van der Waals surface area contributed by atoms with Crippen molar-refractivity contribution in [2.45, 2.75) is 52.2 Å². The first-order chi connectivity index (χ1) is 14.1. The second-order valence-electron chi connectivity index (χ2n) is 8.40. The van der Waals surface area contributed by atoms with E-state index in [-0.39, 0.29) is 42.5 Å². The first kappa shape index (κ1) is 27.0. The highest BCUT2D eigenvalue weighted by Gasteiger charge is 2.28. The predicted octanol–water partition coefficient (Wildman–Crippen LogP) is 1.96. The number of nitrogens with one attached hydrogen (secondary N) is 2. The molecule has 2 rings (SSSR count). The van der Waals surface area contributed by atoms with Crippen molar-refractivity contribution >= 4 is 47.6 Å². The summed E-state index contributed by atoms with van der Waals surface area (Å²) < 4.78 is 7.04. The average Bonchev–Trinajstić information content (AvgIpc) is 3.07. The molecule has 1 fully saturated rings. The topological polar surface area (TPSA) is 104 Å². The molecule has 1 aromatic rings. The Morgan fingerprint density at radius 2 is 2.06 bits per heavy atom. The SMILES string of the molecule is CCCC(CNC(=NC)N1CCN(c2cnn(C)c2)C(=O)C1)NC(=O)OC(C)(C)C.I. The van der Waals surface area contributed by atoms with Gasteiger partial charge in [-0.15, -0.1) is 24.0 Å². The molecule has 1 aliphatic heterocycles. The Balaban J connectivity index is 0.00000480. The largest absolute Gasteiger partial charge is 0.444 e. The second kappa shape index (κ2) is 12.1. The van der Waals surface area contributed by atoms with Crippen LogP contribution in [0.2, 0.25) is 0 Å². The molecule has 2 amide bonds. The first-order valence-electron chi connectivity index (χ1n) is 10.4. The lowest BCUT2D eigenvalue weighted by Gasteiger charge is -2.35. The normalized spacial score (nSPS) is 15.9. The van der Waals surface area contributed by atoms with E-state index in [1.807, 2.05) is 38.9 Å². The maximum absolute atomic E-state index is 12.6.